The Kier molecular flexibility index (Phi) is 4.01. The number of aliphatic carboxylic acids is 1. The van der Waals surface area contributed by atoms with Gasteiger partial charge in [0.15, 0.2) is 0 Å². The van der Waals surface area contributed by atoms with E-state index < -0.39 is 35.3 Å². The fourth-order valence-electron chi connectivity index (χ4n) is 3.56. The monoisotopic (exact) mass is 298 g/mol. The van der Waals surface area contributed by atoms with Gasteiger partial charge in [-0.2, -0.15) is 0 Å². The zero-order valence-electron chi connectivity index (χ0n) is 12.2. The summed E-state index contributed by atoms with van der Waals surface area (Å²) in [5, 5.41) is 39.0. The molecule has 1 saturated heterocycles. The van der Waals surface area contributed by atoms with E-state index in [4.69, 9.17) is 9.84 Å². The summed E-state index contributed by atoms with van der Waals surface area (Å²) < 4.78 is 5.74. The predicted molar refractivity (Wildman–Crippen MR) is 74.6 cm³/mol. The molecule has 0 aromatic carbocycles. The highest BCUT2D eigenvalue weighted by Gasteiger charge is 2.67. The molecule has 2 bridgehead atoms. The third-order valence-corrected chi connectivity index (χ3v) is 4.78. The van der Waals surface area contributed by atoms with E-state index in [1.54, 1.807) is 6.92 Å². The van der Waals surface area contributed by atoms with E-state index >= 15 is 0 Å². The lowest BCUT2D eigenvalue weighted by atomic mass is 9.59. The van der Waals surface area contributed by atoms with Crippen molar-refractivity contribution in [2.75, 3.05) is 13.2 Å². The summed E-state index contributed by atoms with van der Waals surface area (Å²) >= 11 is 0. The van der Waals surface area contributed by atoms with Gasteiger partial charge in [0.25, 0.3) is 0 Å². The first-order chi connectivity index (χ1) is 9.66. The maximum atomic E-state index is 11.1. The molecule has 118 valence electrons. The molecule has 6 nitrogen and oxygen atoms in total. The number of carbonyl (C=O) groups is 1. The Balaban J connectivity index is 2.35. The van der Waals surface area contributed by atoms with Crippen LogP contribution in [0.5, 0.6) is 0 Å². The highest BCUT2D eigenvalue weighted by molar-refractivity contribution is 5.81. The Labute approximate surface area is 123 Å². The number of hydrogen-bond donors (Lipinski definition) is 4. The van der Waals surface area contributed by atoms with Gasteiger partial charge in [0, 0.05) is 17.9 Å². The van der Waals surface area contributed by atoms with Gasteiger partial charge in [0.1, 0.15) is 11.2 Å². The molecule has 4 unspecified atom stereocenters. The Morgan fingerprint density at radius 3 is 2.57 bits per heavy atom. The second-order valence-corrected chi connectivity index (χ2v) is 6.46. The number of ether oxygens (including phenoxy) is 1. The van der Waals surface area contributed by atoms with Crippen molar-refractivity contribution in [3.05, 3.63) is 23.8 Å². The predicted octanol–water partition coefficient (Wildman–Crippen LogP) is 0.227. The topological polar surface area (TPSA) is 107 Å². The van der Waals surface area contributed by atoms with E-state index in [-0.39, 0.29) is 5.57 Å². The van der Waals surface area contributed by atoms with E-state index in [0.29, 0.717) is 19.4 Å². The summed E-state index contributed by atoms with van der Waals surface area (Å²) in [6, 6.07) is 0. The number of carboxylic acids is 1. The summed E-state index contributed by atoms with van der Waals surface area (Å²) in [4.78, 5) is 10.7. The number of aliphatic hydroxyl groups excluding tert-OH is 2. The molecule has 0 spiro atoms. The second-order valence-electron chi connectivity index (χ2n) is 6.46. The van der Waals surface area contributed by atoms with E-state index in [1.165, 1.54) is 12.2 Å². The van der Waals surface area contributed by atoms with Crippen LogP contribution in [0, 0.1) is 5.41 Å². The third-order valence-electron chi connectivity index (χ3n) is 4.78. The average molecular weight is 298 g/mol. The van der Waals surface area contributed by atoms with Gasteiger partial charge in [-0.05, 0) is 25.0 Å². The van der Waals surface area contributed by atoms with E-state index in [0.717, 1.165) is 6.08 Å². The summed E-state index contributed by atoms with van der Waals surface area (Å²) in [5.74, 6) is -1.16. The van der Waals surface area contributed by atoms with Gasteiger partial charge < -0.3 is 25.2 Å². The van der Waals surface area contributed by atoms with Crippen molar-refractivity contribution >= 4 is 5.97 Å². The molecule has 21 heavy (non-hydrogen) atoms. The van der Waals surface area contributed by atoms with Crippen molar-refractivity contribution in [1.29, 1.82) is 0 Å². The average Bonchev–Trinajstić information content (AvgIpc) is 2.49. The van der Waals surface area contributed by atoms with Crippen LogP contribution in [0.4, 0.5) is 0 Å². The first-order valence-corrected chi connectivity index (χ1v) is 6.94. The molecule has 0 aromatic rings. The van der Waals surface area contributed by atoms with Gasteiger partial charge in [-0.3, -0.25) is 0 Å². The smallest absolute Gasteiger partial charge is 0.328 e. The molecule has 0 amide bonds. The second kappa shape index (κ2) is 5.21. The van der Waals surface area contributed by atoms with Crippen molar-refractivity contribution in [2.24, 2.45) is 5.41 Å². The maximum Gasteiger partial charge on any atom is 0.328 e. The molecule has 4 atom stereocenters. The quantitative estimate of drug-likeness (QED) is 0.437. The summed E-state index contributed by atoms with van der Waals surface area (Å²) in [5.41, 5.74) is -2.72. The zero-order chi connectivity index (χ0) is 15.9. The summed E-state index contributed by atoms with van der Waals surface area (Å²) in [6.45, 7) is 3.46. The third kappa shape index (κ3) is 2.53. The Bertz CT molecular complexity index is 476. The van der Waals surface area contributed by atoms with Crippen LogP contribution in [-0.2, 0) is 9.53 Å². The first kappa shape index (κ1) is 16.2. The van der Waals surface area contributed by atoms with Gasteiger partial charge in [0.05, 0.1) is 19.3 Å². The van der Waals surface area contributed by atoms with Crippen LogP contribution >= 0.6 is 0 Å². The number of hydrogen-bond acceptors (Lipinski definition) is 5. The van der Waals surface area contributed by atoms with Gasteiger partial charge >= 0.3 is 5.97 Å². The normalized spacial score (nSPS) is 43.5. The molecule has 6 heteroatoms. The molecule has 1 aliphatic heterocycles. The fourth-order valence-corrected chi connectivity index (χ4v) is 3.56. The number of aliphatic hydroxyl groups is 3. The largest absolute Gasteiger partial charge is 0.478 e. The van der Waals surface area contributed by atoms with E-state index in [2.05, 4.69) is 0 Å². The van der Waals surface area contributed by atoms with Crippen LogP contribution in [0.15, 0.2) is 23.8 Å². The van der Waals surface area contributed by atoms with Crippen LogP contribution in [0.2, 0.25) is 0 Å². The number of carboxylic acid groups (broad SMARTS) is 1. The Morgan fingerprint density at radius 2 is 2.05 bits per heavy atom. The van der Waals surface area contributed by atoms with E-state index in [1.807, 2.05) is 6.92 Å². The number of rotatable bonds is 4. The van der Waals surface area contributed by atoms with Crippen molar-refractivity contribution < 1.29 is 30.0 Å². The summed E-state index contributed by atoms with van der Waals surface area (Å²) in [7, 11) is 0. The fraction of sp³-hybridized carbons (Fsp3) is 0.667. The molecule has 0 aromatic heterocycles. The molecule has 2 aliphatic rings. The molecule has 2 rings (SSSR count). The minimum atomic E-state index is -1.33. The van der Waals surface area contributed by atoms with Crippen LogP contribution in [0.1, 0.15) is 26.7 Å². The molecular formula is C15H22O6. The number of fused-ring (bicyclic) bond motifs is 2. The molecule has 1 heterocycles. The van der Waals surface area contributed by atoms with Crippen molar-refractivity contribution in [3.8, 4) is 0 Å². The highest BCUT2D eigenvalue weighted by atomic mass is 16.5. The zero-order valence-corrected chi connectivity index (χ0v) is 12.2. The molecule has 2 fully saturated rings. The van der Waals surface area contributed by atoms with Crippen LogP contribution in [0.25, 0.3) is 0 Å². The Morgan fingerprint density at radius 1 is 1.38 bits per heavy atom. The minimum absolute atomic E-state index is 0.189. The van der Waals surface area contributed by atoms with Crippen molar-refractivity contribution in [1.82, 2.24) is 0 Å². The van der Waals surface area contributed by atoms with Gasteiger partial charge in [0.2, 0.25) is 0 Å². The Hall–Kier alpha value is -1.21. The van der Waals surface area contributed by atoms with Crippen LogP contribution in [-0.4, -0.2) is 56.9 Å². The van der Waals surface area contributed by atoms with Gasteiger partial charge in [-0.15, -0.1) is 0 Å². The molecule has 0 radical (unpaired) electrons. The molecule has 1 saturated carbocycles. The lowest BCUT2D eigenvalue weighted by Gasteiger charge is -2.49. The SMILES string of the molecule is CC12COC(C)(CC(O)C1)C2(O)C=CC(=CC(=O)O)CO. The lowest BCUT2D eigenvalue weighted by Crippen LogP contribution is -2.61. The summed E-state index contributed by atoms with van der Waals surface area (Å²) in [6.07, 6.45) is 3.97. The van der Waals surface area contributed by atoms with Crippen LogP contribution in [0.3, 0.4) is 0 Å². The van der Waals surface area contributed by atoms with Crippen molar-refractivity contribution in [2.45, 2.75) is 44.0 Å². The minimum Gasteiger partial charge on any atom is -0.478 e. The molecule has 4 N–H and O–H groups in total. The standard InChI is InChI=1S/C15H22O6/c1-13-6-11(17)7-14(2,21-9-13)15(13,20)4-3-10(8-16)5-12(18)19/h3-5,11,16-17,20H,6-9H2,1-2H3,(H,18,19). The van der Waals surface area contributed by atoms with Crippen molar-refractivity contribution in [3.63, 3.8) is 0 Å². The molecule has 1 aliphatic carbocycles. The van der Waals surface area contributed by atoms with Crippen LogP contribution < -0.4 is 0 Å². The maximum absolute atomic E-state index is 11.1. The highest BCUT2D eigenvalue weighted by Crippen LogP contribution is 2.57. The lowest BCUT2D eigenvalue weighted by molar-refractivity contribution is -0.150. The van der Waals surface area contributed by atoms with Gasteiger partial charge in [-0.25, -0.2) is 4.79 Å². The first-order valence-electron chi connectivity index (χ1n) is 6.94. The molecular weight excluding hydrogens is 276 g/mol. The van der Waals surface area contributed by atoms with Gasteiger partial charge in [-0.1, -0.05) is 13.0 Å². The van der Waals surface area contributed by atoms with E-state index in [9.17, 15) is 20.1 Å².